The van der Waals surface area contributed by atoms with Gasteiger partial charge in [0.25, 0.3) is 0 Å². The number of nitrogens with zero attached hydrogens (tertiary/aromatic N) is 2. The molecule has 126 valence electrons. The first kappa shape index (κ1) is 16.7. The van der Waals surface area contributed by atoms with Gasteiger partial charge in [-0.3, -0.25) is 14.7 Å². The van der Waals surface area contributed by atoms with E-state index in [1.807, 2.05) is 12.1 Å². The lowest BCUT2D eigenvalue weighted by Gasteiger charge is -2.31. The summed E-state index contributed by atoms with van der Waals surface area (Å²) >= 11 is 0. The molecular weight excluding hydrogens is 298 g/mol. The highest BCUT2D eigenvalue weighted by atomic mass is 16.1. The van der Waals surface area contributed by atoms with E-state index < -0.39 is 0 Å². The van der Waals surface area contributed by atoms with E-state index >= 15 is 0 Å². The van der Waals surface area contributed by atoms with Gasteiger partial charge in [-0.05, 0) is 50.0 Å². The van der Waals surface area contributed by atoms with E-state index in [0.717, 1.165) is 38.0 Å². The quantitative estimate of drug-likeness (QED) is 0.920. The van der Waals surface area contributed by atoms with Crippen molar-refractivity contribution in [2.45, 2.75) is 32.9 Å². The number of piperidine rings is 1. The van der Waals surface area contributed by atoms with Crippen molar-refractivity contribution in [1.82, 2.24) is 15.2 Å². The van der Waals surface area contributed by atoms with Crippen molar-refractivity contribution in [3.63, 3.8) is 0 Å². The Morgan fingerprint density at radius 3 is 2.71 bits per heavy atom. The zero-order valence-corrected chi connectivity index (χ0v) is 14.2. The summed E-state index contributed by atoms with van der Waals surface area (Å²) in [5.74, 6) is 0.310. The summed E-state index contributed by atoms with van der Waals surface area (Å²) in [6, 6.07) is 12.5. The predicted octanol–water partition coefficient (Wildman–Crippen LogP) is 2.92. The Kier molecular flexibility index (Phi) is 5.59. The second-order valence-electron chi connectivity index (χ2n) is 6.62. The van der Waals surface area contributed by atoms with Gasteiger partial charge in [-0.25, -0.2) is 0 Å². The molecule has 1 fully saturated rings. The van der Waals surface area contributed by atoms with Crippen LogP contribution in [-0.2, 0) is 17.9 Å². The number of hydrogen-bond donors (Lipinski definition) is 1. The standard InChI is InChI=1S/C20H25N3O/c1-16-4-2-5-17(12-16)15-23-10-7-19(8-11-23)20(24)22-14-18-6-3-9-21-13-18/h2-6,9,12-13,19H,7-8,10-11,14-15H2,1H3,(H,22,24). The van der Waals surface area contributed by atoms with E-state index in [0.29, 0.717) is 6.54 Å². The maximum Gasteiger partial charge on any atom is 0.223 e. The van der Waals surface area contributed by atoms with Crippen LogP contribution >= 0.6 is 0 Å². The SMILES string of the molecule is Cc1cccc(CN2CCC(C(=O)NCc3cccnc3)CC2)c1. The van der Waals surface area contributed by atoms with Gasteiger partial charge in [-0.15, -0.1) is 0 Å². The average molecular weight is 323 g/mol. The fourth-order valence-corrected chi connectivity index (χ4v) is 3.26. The van der Waals surface area contributed by atoms with Crippen molar-refractivity contribution in [3.8, 4) is 0 Å². The van der Waals surface area contributed by atoms with Gasteiger partial charge in [0.1, 0.15) is 0 Å². The molecule has 0 spiro atoms. The van der Waals surface area contributed by atoms with Crippen LogP contribution in [0.25, 0.3) is 0 Å². The van der Waals surface area contributed by atoms with Crippen LogP contribution in [0.5, 0.6) is 0 Å². The molecular formula is C20H25N3O. The molecule has 0 bridgehead atoms. The Labute approximate surface area is 143 Å². The van der Waals surface area contributed by atoms with Crippen LogP contribution in [0.4, 0.5) is 0 Å². The molecule has 2 aromatic rings. The number of benzene rings is 1. The van der Waals surface area contributed by atoms with Crippen molar-refractivity contribution in [1.29, 1.82) is 0 Å². The van der Waals surface area contributed by atoms with Crippen molar-refractivity contribution in [3.05, 3.63) is 65.5 Å². The maximum absolute atomic E-state index is 12.3. The highest BCUT2D eigenvalue weighted by Gasteiger charge is 2.24. The molecule has 0 atom stereocenters. The smallest absolute Gasteiger partial charge is 0.223 e. The topological polar surface area (TPSA) is 45.2 Å². The molecule has 0 aliphatic carbocycles. The number of amides is 1. The third-order valence-corrected chi connectivity index (χ3v) is 4.64. The normalized spacial score (nSPS) is 16.0. The molecule has 1 aromatic carbocycles. The Balaban J connectivity index is 1.43. The van der Waals surface area contributed by atoms with E-state index in [-0.39, 0.29) is 11.8 Å². The lowest BCUT2D eigenvalue weighted by Crippen LogP contribution is -2.40. The number of aromatic nitrogens is 1. The number of aryl methyl sites for hydroxylation is 1. The Morgan fingerprint density at radius 1 is 1.21 bits per heavy atom. The molecule has 1 saturated heterocycles. The third-order valence-electron chi connectivity index (χ3n) is 4.64. The minimum Gasteiger partial charge on any atom is -0.352 e. The average Bonchev–Trinajstić information content (AvgIpc) is 2.61. The number of likely N-dealkylation sites (tertiary alicyclic amines) is 1. The minimum absolute atomic E-state index is 0.135. The van der Waals surface area contributed by atoms with Crippen molar-refractivity contribution < 1.29 is 4.79 Å². The Morgan fingerprint density at radius 2 is 2.00 bits per heavy atom. The van der Waals surface area contributed by atoms with Crippen molar-refractivity contribution >= 4 is 5.91 Å². The van der Waals surface area contributed by atoms with E-state index in [4.69, 9.17) is 0 Å². The number of hydrogen-bond acceptors (Lipinski definition) is 3. The first-order chi connectivity index (χ1) is 11.7. The van der Waals surface area contributed by atoms with Crippen LogP contribution in [0.15, 0.2) is 48.8 Å². The van der Waals surface area contributed by atoms with Gasteiger partial charge in [0.15, 0.2) is 0 Å². The molecule has 4 nitrogen and oxygen atoms in total. The zero-order valence-electron chi connectivity index (χ0n) is 14.2. The Hall–Kier alpha value is -2.20. The molecule has 1 aromatic heterocycles. The van der Waals surface area contributed by atoms with E-state index in [1.54, 1.807) is 12.4 Å². The number of nitrogens with one attached hydrogen (secondary N) is 1. The summed E-state index contributed by atoms with van der Waals surface area (Å²) < 4.78 is 0. The molecule has 24 heavy (non-hydrogen) atoms. The highest BCUT2D eigenvalue weighted by Crippen LogP contribution is 2.19. The molecule has 4 heteroatoms. The summed E-state index contributed by atoms with van der Waals surface area (Å²) in [5, 5.41) is 3.04. The fraction of sp³-hybridized carbons (Fsp3) is 0.400. The van der Waals surface area contributed by atoms with Crippen LogP contribution in [0, 0.1) is 12.8 Å². The number of carbonyl (C=O) groups excluding carboxylic acids is 1. The summed E-state index contributed by atoms with van der Waals surface area (Å²) in [7, 11) is 0. The van der Waals surface area contributed by atoms with Crippen LogP contribution in [-0.4, -0.2) is 28.9 Å². The van der Waals surface area contributed by atoms with Gasteiger partial charge < -0.3 is 5.32 Å². The second kappa shape index (κ2) is 8.06. The zero-order chi connectivity index (χ0) is 16.8. The molecule has 0 saturated carbocycles. The van der Waals surface area contributed by atoms with Gasteiger partial charge in [-0.2, -0.15) is 0 Å². The molecule has 2 heterocycles. The summed E-state index contributed by atoms with van der Waals surface area (Å²) in [4.78, 5) is 18.8. The summed E-state index contributed by atoms with van der Waals surface area (Å²) in [6.07, 6.45) is 5.41. The van der Waals surface area contributed by atoms with Gasteiger partial charge in [0.2, 0.25) is 5.91 Å². The molecule has 1 aliphatic rings. The van der Waals surface area contributed by atoms with Gasteiger partial charge in [0.05, 0.1) is 0 Å². The molecule has 1 amide bonds. The van der Waals surface area contributed by atoms with E-state index in [1.165, 1.54) is 11.1 Å². The number of rotatable bonds is 5. The van der Waals surface area contributed by atoms with Crippen LogP contribution in [0.2, 0.25) is 0 Å². The van der Waals surface area contributed by atoms with Gasteiger partial charge >= 0.3 is 0 Å². The van der Waals surface area contributed by atoms with Crippen LogP contribution < -0.4 is 5.32 Å². The highest BCUT2D eigenvalue weighted by molar-refractivity contribution is 5.78. The first-order valence-electron chi connectivity index (χ1n) is 8.65. The van der Waals surface area contributed by atoms with E-state index in [2.05, 4.69) is 46.4 Å². The van der Waals surface area contributed by atoms with Crippen LogP contribution in [0.1, 0.15) is 29.5 Å². The maximum atomic E-state index is 12.3. The molecule has 1 aliphatic heterocycles. The number of carbonyl (C=O) groups is 1. The third kappa shape index (κ3) is 4.65. The van der Waals surface area contributed by atoms with Gasteiger partial charge in [0, 0.05) is 31.4 Å². The van der Waals surface area contributed by atoms with Crippen molar-refractivity contribution in [2.24, 2.45) is 5.92 Å². The van der Waals surface area contributed by atoms with E-state index in [9.17, 15) is 4.79 Å². The lowest BCUT2D eigenvalue weighted by atomic mass is 9.95. The lowest BCUT2D eigenvalue weighted by molar-refractivity contribution is -0.126. The Bertz CT molecular complexity index is 664. The van der Waals surface area contributed by atoms with Gasteiger partial charge in [-0.1, -0.05) is 35.9 Å². The predicted molar refractivity (Wildman–Crippen MR) is 95.3 cm³/mol. The summed E-state index contributed by atoms with van der Waals surface area (Å²) in [6.45, 7) is 5.64. The molecule has 0 radical (unpaired) electrons. The molecule has 0 unspecified atom stereocenters. The summed E-state index contributed by atoms with van der Waals surface area (Å²) in [5.41, 5.74) is 3.70. The van der Waals surface area contributed by atoms with Crippen molar-refractivity contribution in [2.75, 3.05) is 13.1 Å². The van der Waals surface area contributed by atoms with Crippen LogP contribution in [0.3, 0.4) is 0 Å². The first-order valence-corrected chi connectivity index (χ1v) is 8.65. The fourth-order valence-electron chi connectivity index (χ4n) is 3.26. The molecule has 1 N–H and O–H groups in total. The minimum atomic E-state index is 0.135. The monoisotopic (exact) mass is 323 g/mol. The largest absolute Gasteiger partial charge is 0.352 e. The number of pyridine rings is 1. The second-order valence-corrected chi connectivity index (χ2v) is 6.62. The molecule has 3 rings (SSSR count).